The lowest BCUT2D eigenvalue weighted by atomic mass is 9.45. The van der Waals surface area contributed by atoms with Crippen LogP contribution in [0, 0.1) is 39.9 Å². The Morgan fingerprint density at radius 1 is 1.06 bits per heavy atom. The van der Waals surface area contributed by atoms with Crippen molar-refractivity contribution in [1.82, 2.24) is 10.6 Å². The van der Waals surface area contributed by atoms with Crippen LogP contribution in [0.4, 0.5) is 0 Å². The van der Waals surface area contributed by atoms with E-state index in [0.717, 1.165) is 18.4 Å². The van der Waals surface area contributed by atoms with Crippen LogP contribution < -0.4 is 10.6 Å². The highest BCUT2D eigenvalue weighted by atomic mass is 16.5. The third-order valence-electron chi connectivity index (χ3n) is 12.4. The Labute approximate surface area is 287 Å². The van der Waals surface area contributed by atoms with Crippen molar-refractivity contribution in [2.75, 3.05) is 13.2 Å². The minimum Gasteiger partial charge on any atom is -0.479 e. The average molecular weight is 691 g/mol. The Morgan fingerprint density at radius 2 is 1.73 bits per heavy atom. The Balaban J connectivity index is 1.30. The number of carboxylic acids is 1. The fourth-order valence-electron chi connectivity index (χ4n) is 9.34. The van der Waals surface area contributed by atoms with Gasteiger partial charge in [-0.1, -0.05) is 47.1 Å². The van der Waals surface area contributed by atoms with Gasteiger partial charge < -0.3 is 35.8 Å². The molecule has 0 heterocycles. The monoisotopic (exact) mass is 690 g/mol. The van der Waals surface area contributed by atoms with E-state index in [9.17, 15) is 44.1 Å². The van der Waals surface area contributed by atoms with E-state index in [1.807, 2.05) is 6.92 Å². The molecule has 13 nitrogen and oxygen atoms in total. The number of Topliss-reactive ketones (excluding diaryl/α,β-unsaturated/α-hetero) is 1. The predicted octanol–water partition coefficient (Wildman–Crippen LogP) is 1.84. The van der Waals surface area contributed by atoms with Gasteiger partial charge in [0, 0.05) is 30.2 Å². The van der Waals surface area contributed by atoms with Crippen LogP contribution in [0.2, 0.25) is 0 Å². The molecule has 3 fully saturated rings. The number of rotatable bonds is 13. The first-order chi connectivity index (χ1) is 22.7. The summed E-state index contributed by atoms with van der Waals surface area (Å²) in [6.45, 7) is 9.51. The van der Waals surface area contributed by atoms with E-state index in [4.69, 9.17) is 9.84 Å². The first-order valence-corrected chi connectivity index (χ1v) is 17.5. The van der Waals surface area contributed by atoms with Crippen molar-refractivity contribution in [1.29, 1.82) is 0 Å². The van der Waals surface area contributed by atoms with Gasteiger partial charge in [-0.05, 0) is 73.7 Å². The number of carbonyl (C=O) groups is 6. The maximum Gasteiger partial charge on any atom is 0.333 e. The number of hydrogen-bond acceptors (Lipinski definition) is 10. The smallest absolute Gasteiger partial charge is 0.333 e. The fraction of sp³-hybridized carbons (Fsp3) is 0.778. The van der Waals surface area contributed by atoms with Crippen LogP contribution in [0.25, 0.3) is 0 Å². The number of esters is 1. The van der Waals surface area contributed by atoms with Crippen LogP contribution in [0.5, 0.6) is 0 Å². The molecule has 0 aromatic carbocycles. The van der Waals surface area contributed by atoms with Gasteiger partial charge >= 0.3 is 11.9 Å². The molecule has 274 valence electrons. The summed E-state index contributed by atoms with van der Waals surface area (Å²) in [6, 6.07) is -0.992. The van der Waals surface area contributed by atoms with E-state index in [1.54, 1.807) is 19.9 Å². The summed E-state index contributed by atoms with van der Waals surface area (Å²) in [4.78, 5) is 74.9. The van der Waals surface area contributed by atoms with Gasteiger partial charge in [0.2, 0.25) is 17.6 Å². The summed E-state index contributed by atoms with van der Waals surface area (Å²) in [6.07, 6.45) is 2.21. The Morgan fingerprint density at radius 3 is 2.37 bits per heavy atom. The maximum atomic E-state index is 13.5. The topological polar surface area (TPSA) is 217 Å². The van der Waals surface area contributed by atoms with Crippen LogP contribution >= 0.6 is 0 Å². The number of aliphatic carboxylic acids is 1. The minimum absolute atomic E-state index is 0.0235. The molecule has 49 heavy (non-hydrogen) atoms. The van der Waals surface area contributed by atoms with Gasteiger partial charge in [0.1, 0.15) is 11.6 Å². The number of ether oxygens (including phenoxy) is 1. The average Bonchev–Trinajstić information content (AvgIpc) is 3.30. The molecule has 2 amide bonds. The third-order valence-corrected chi connectivity index (χ3v) is 12.4. The van der Waals surface area contributed by atoms with Crippen LogP contribution in [-0.4, -0.2) is 92.7 Å². The van der Waals surface area contributed by atoms with Crippen molar-refractivity contribution in [2.45, 2.75) is 123 Å². The molecule has 13 heteroatoms. The van der Waals surface area contributed by atoms with Crippen LogP contribution in [0.1, 0.15) is 99.3 Å². The highest BCUT2D eigenvalue weighted by Gasteiger charge is 2.68. The van der Waals surface area contributed by atoms with Crippen LogP contribution in [0.15, 0.2) is 11.6 Å². The second kappa shape index (κ2) is 14.2. The van der Waals surface area contributed by atoms with E-state index in [2.05, 4.69) is 17.6 Å². The molecule has 0 aromatic rings. The van der Waals surface area contributed by atoms with Gasteiger partial charge in [-0.15, -0.1) is 0 Å². The quantitative estimate of drug-likeness (QED) is 0.153. The van der Waals surface area contributed by atoms with E-state index >= 15 is 0 Å². The summed E-state index contributed by atoms with van der Waals surface area (Å²) < 4.78 is 5.22. The Kier molecular flexibility index (Phi) is 11.2. The molecule has 0 saturated heterocycles. The second-order valence-electron chi connectivity index (χ2n) is 16.3. The number of carboxylic acid groups (broad SMARTS) is 1. The van der Waals surface area contributed by atoms with Gasteiger partial charge in [-0.25, -0.2) is 4.79 Å². The normalized spacial score (nSPS) is 33.7. The predicted molar refractivity (Wildman–Crippen MR) is 175 cm³/mol. The summed E-state index contributed by atoms with van der Waals surface area (Å²) in [5, 5.41) is 47.6. The lowest BCUT2D eigenvalue weighted by Gasteiger charge is -2.60. The van der Waals surface area contributed by atoms with Crippen molar-refractivity contribution in [3.63, 3.8) is 0 Å². The molecular formula is C36H54N2O11. The molecule has 0 bridgehead atoms. The zero-order valence-corrected chi connectivity index (χ0v) is 29.5. The summed E-state index contributed by atoms with van der Waals surface area (Å²) in [5.41, 5.74) is -3.10. The number of ketones is 2. The molecular weight excluding hydrogens is 636 g/mol. The van der Waals surface area contributed by atoms with Crippen molar-refractivity contribution in [3.05, 3.63) is 11.6 Å². The van der Waals surface area contributed by atoms with Crippen molar-refractivity contribution < 1.29 is 53.9 Å². The van der Waals surface area contributed by atoms with Crippen molar-refractivity contribution in [2.24, 2.45) is 39.9 Å². The molecule has 9 atom stereocenters. The van der Waals surface area contributed by atoms with Gasteiger partial charge in [0.05, 0.1) is 12.5 Å². The fourth-order valence-corrected chi connectivity index (χ4v) is 9.34. The number of amides is 2. The Bertz CT molecular complexity index is 1390. The first-order valence-electron chi connectivity index (χ1n) is 17.5. The van der Waals surface area contributed by atoms with E-state index in [1.165, 1.54) is 13.8 Å². The highest BCUT2D eigenvalue weighted by molar-refractivity contribution is 5.93. The molecule has 4 aliphatic rings. The lowest BCUT2D eigenvalue weighted by molar-refractivity contribution is -0.184. The zero-order valence-electron chi connectivity index (χ0n) is 29.5. The molecule has 4 rings (SSSR count). The lowest BCUT2D eigenvalue weighted by Crippen LogP contribution is -2.62. The molecule has 3 saturated carbocycles. The van der Waals surface area contributed by atoms with Gasteiger partial charge in [0.25, 0.3) is 0 Å². The van der Waals surface area contributed by atoms with Crippen LogP contribution in [-0.2, 0) is 33.5 Å². The summed E-state index contributed by atoms with van der Waals surface area (Å²) >= 11 is 0. The Hall–Kier alpha value is -3.16. The third kappa shape index (κ3) is 7.35. The molecule has 0 aliphatic heterocycles. The molecule has 6 N–H and O–H groups in total. The standard InChI is InChI=1S/C36H54N2O11/c1-19(2)29(31(45)37-18-33(3,4)30(44)32(46)47)38-26(42)9-10-27(43)49-17-25(41)36(48)14-12-23-22-8-7-20-15-21(39)11-13-34(20,5)28(22)24(40)16-35(23,36)6/h15,19,22-24,28-30,40,44,48H,7-14,16-18H2,1-6H3,(H,37,45)(H,38,42)(H,46,47)/t22-,23-,24-,28+,29+,30+,34-,35-,36-/m0/s1. The number of hydrogen-bond donors (Lipinski definition) is 6. The largest absolute Gasteiger partial charge is 0.479 e. The highest BCUT2D eigenvalue weighted by Crippen LogP contribution is 2.67. The van der Waals surface area contributed by atoms with E-state index < -0.39 is 70.8 Å². The molecule has 0 aromatic heterocycles. The summed E-state index contributed by atoms with van der Waals surface area (Å²) in [5.74, 6) is -4.32. The van der Waals surface area contributed by atoms with Gasteiger partial charge in [0.15, 0.2) is 18.5 Å². The molecule has 0 unspecified atom stereocenters. The number of nitrogens with one attached hydrogen (secondary N) is 2. The number of aliphatic hydroxyl groups is 3. The molecule has 0 radical (unpaired) electrons. The van der Waals surface area contributed by atoms with E-state index in [-0.39, 0.29) is 67.1 Å². The van der Waals surface area contributed by atoms with E-state index in [0.29, 0.717) is 19.3 Å². The SMILES string of the molecule is CC(C)[C@@H](NC(=O)CCC(=O)OCC(=O)[C@@]1(O)CC[C@H]2[C@@H]3CCC4=CC(=O)CC[C@]4(C)[C@H]3[C@@H](O)C[C@@]21C)C(=O)NCC(C)(C)[C@H](O)C(=O)O. The maximum absolute atomic E-state index is 13.5. The van der Waals surface area contributed by atoms with Crippen LogP contribution in [0.3, 0.4) is 0 Å². The number of fused-ring (bicyclic) bond motifs is 5. The zero-order chi connectivity index (χ0) is 36.7. The first kappa shape index (κ1) is 38.6. The number of carbonyl (C=O) groups excluding carboxylic acids is 5. The number of aliphatic hydroxyl groups excluding tert-OH is 2. The summed E-state index contributed by atoms with van der Waals surface area (Å²) in [7, 11) is 0. The van der Waals surface area contributed by atoms with Crippen molar-refractivity contribution in [3.8, 4) is 0 Å². The second-order valence-corrected chi connectivity index (χ2v) is 16.3. The molecule has 0 spiro atoms. The van der Waals surface area contributed by atoms with Crippen molar-refractivity contribution >= 4 is 35.3 Å². The van der Waals surface area contributed by atoms with Gasteiger partial charge in [-0.2, -0.15) is 0 Å². The minimum atomic E-state index is -1.80. The van der Waals surface area contributed by atoms with Gasteiger partial charge in [-0.3, -0.25) is 24.0 Å². The molecule has 4 aliphatic carbocycles. The number of allylic oxidation sites excluding steroid dienone is 1.